The first-order valence-corrected chi connectivity index (χ1v) is 8.15. The normalized spacial score (nSPS) is 20.3. The van der Waals surface area contributed by atoms with E-state index < -0.39 is 0 Å². The monoisotopic (exact) mass is 326 g/mol. The molecule has 1 aliphatic heterocycles. The molecule has 1 saturated heterocycles. The number of hydrogen-bond acceptors (Lipinski definition) is 4. The lowest BCUT2D eigenvalue weighted by Crippen LogP contribution is -2.33. The van der Waals surface area contributed by atoms with Crippen LogP contribution in [0.2, 0.25) is 0 Å². The van der Waals surface area contributed by atoms with Crippen LogP contribution in [0.4, 0.5) is 0 Å². The van der Waals surface area contributed by atoms with E-state index in [2.05, 4.69) is 18.7 Å². The van der Waals surface area contributed by atoms with Crippen LogP contribution in [0.15, 0.2) is 73.2 Å². The van der Waals surface area contributed by atoms with Crippen molar-refractivity contribution in [3.05, 3.63) is 78.8 Å². The molecule has 2 aromatic carbocycles. The molecule has 1 fully saturated rings. The van der Waals surface area contributed by atoms with E-state index in [9.17, 15) is 0 Å². The number of ether oxygens (including phenoxy) is 4. The van der Waals surface area contributed by atoms with Gasteiger partial charge in [-0.25, -0.2) is 0 Å². The highest BCUT2D eigenvalue weighted by Gasteiger charge is 2.24. The van der Waals surface area contributed by atoms with Crippen molar-refractivity contribution in [2.75, 3.05) is 6.61 Å². The van der Waals surface area contributed by atoms with Crippen LogP contribution in [0.1, 0.15) is 18.4 Å². The molecule has 0 amide bonds. The molecule has 126 valence electrons. The molecule has 0 bridgehead atoms. The molecule has 1 aliphatic rings. The minimum absolute atomic E-state index is 0.0911. The second kappa shape index (κ2) is 8.52. The maximum Gasteiger partial charge on any atom is 0.279 e. The minimum Gasteiger partial charge on any atom is -0.436 e. The number of para-hydroxylation sites is 1. The summed E-state index contributed by atoms with van der Waals surface area (Å²) < 4.78 is 22.7. The third-order valence-corrected chi connectivity index (χ3v) is 3.76. The molecule has 0 aliphatic carbocycles. The van der Waals surface area contributed by atoms with Crippen LogP contribution in [0.5, 0.6) is 5.75 Å². The van der Waals surface area contributed by atoms with E-state index in [-0.39, 0.29) is 18.3 Å². The second-order valence-corrected chi connectivity index (χ2v) is 5.66. The van der Waals surface area contributed by atoms with E-state index in [1.807, 2.05) is 48.5 Å². The lowest BCUT2D eigenvalue weighted by atomic mass is 10.1. The maximum absolute atomic E-state index is 5.88. The molecule has 0 aromatic heterocycles. The summed E-state index contributed by atoms with van der Waals surface area (Å²) in [5.41, 5.74) is 1.17. The Hall–Kier alpha value is -2.30. The van der Waals surface area contributed by atoms with Gasteiger partial charge >= 0.3 is 0 Å². The van der Waals surface area contributed by atoms with E-state index in [0.717, 1.165) is 12.8 Å². The molecule has 0 spiro atoms. The number of hydrogen-bond donors (Lipinski definition) is 0. The van der Waals surface area contributed by atoms with E-state index in [1.54, 1.807) is 0 Å². The van der Waals surface area contributed by atoms with E-state index in [1.165, 1.54) is 5.56 Å². The van der Waals surface area contributed by atoms with Crippen molar-refractivity contribution in [2.45, 2.75) is 31.8 Å². The smallest absolute Gasteiger partial charge is 0.279 e. The summed E-state index contributed by atoms with van der Waals surface area (Å²) in [5.74, 6) is 0.942. The highest BCUT2D eigenvalue weighted by molar-refractivity contribution is 5.22. The summed E-state index contributed by atoms with van der Waals surface area (Å²) in [4.78, 5) is 0. The van der Waals surface area contributed by atoms with E-state index in [4.69, 9.17) is 18.9 Å². The molecule has 0 unspecified atom stereocenters. The zero-order chi connectivity index (χ0) is 16.6. The Bertz CT molecular complexity index is 619. The van der Waals surface area contributed by atoms with Crippen molar-refractivity contribution in [2.24, 2.45) is 0 Å². The van der Waals surface area contributed by atoms with Crippen molar-refractivity contribution in [3.8, 4) is 5.75 Å². The van der Waals surface area contributed by atoms with Crippen molar-refractivity contribution in [3.63, 3.8) is 0 Å². The summed E-state index contributed by atoms with van der Waals surface area (Å²) in [6, 6.07) is 19.6. The van der Waals surface area contributed by atoms with Crippen molar-refractivity contribution in [1.82, 2.24) is 0 Å². The van der Waals surface area contributed by atoms with Gasteiger partial charge in [-0.1, -0.05) is 48.5 Å². The standard InChI is InChI=1S/C20H22O4/c1-16(23-18-10-6-3-7-11-18)24-20-13-12-19(15-22-20)21-14-17-8-4-2-5-9-17/h2-11,19-20H,1,12-15H2/t19-,20-/m0/s1. The fourth-order valence-corrected chi connectivity index (χ4v) is 2.51. The molecular formula is C20H22O4. The molecule has 4 nitrogen and oxygen atoms in total. The fraction of sp³-hybridized carbons (Fsp3) is 0.300. The Kier molecular flexibility index (Phi) is 5.88. The van der Waals surface area contributed by atoms with Crippen LogP contribution in [0, 0.1) is 0 Å². The van der Waals surface area contributed by atoms with Gasteiger partial charge < -0.3 is 18.9 Å². The zero-order valence-electron chi connectivity index (χ0n) is 13.6. The van der Waals surface area contributed by atoms with Crippen molar-refractivity contribution < 1.29 is 18.9 Å². The van der Waals surface area contributed by atoms with Gasteiger partial charge in [0.2, 0.25) is 6.29 Å². The molecule has 0 saturated carbocycles. The van der Waals surface area contributed by atoms with E-state index in [0.29, 0.717) is 19.0 Å². The van der Waals surface area contributed by atoms with Gasteiger partial charge in [-0.3, -0.25) is 0 Å². The van der Waals surface area contributed by atoms with E-state index >= 15 is 0 Å². The van der Waals surface area contributed by atoms with Gasteiger partial charge in [-0.2, -0.15) is 0 Å². The van der Waals surface area contributed by atoms with Crippen LogP contribution in [-0.4, -0.2) is 19.0 Å². The Morgan fingerprint density at radius 3 is 2.38 bits per heavy atom. The molecule has 3 rings (SSSR count). The molecule has 0 radical (unpaired) electrons. The third kappa shape index (κ3) is 5.11. The first-order chi connectivity index (χ1) is 11.8. The average molecular weight is 326 g/mol. The van der Waals surface area contributed by atoms with Crippen molar-refractivity contribution in [1.29, 1.82) is 0 Å². The topological polar surface area (TPSA) is 36.9 Å². The quantitative estimate of drug-likeness (QED) is 0.712. The highest BCUT2D eigenvalue weighted by Crippen LogP contribution is 2.21. The number of benzene rings is 2. The largest absolute Gasteiger partial charge is 0.436 e. The zero-order valence-corrected chi connectivity index (χ0v) is 13.6. The average Bonchev–Trinajstić information content (AvgIpc) is 2.63. The predicted molar refractivity (Wildman–Crippen MR) is 91.3 cm³/mol. The summed E-state index contributed by atoms with van der Waals surface area (Å²) in [7, 11) is 0. The third-order valence-electron chi connectivity index (χ3n) is 3.76. The van der Waals surface area contributed by atoms with Crippen LogP contribution >= 0.6 is 0 Å². The first-order valence-electron chi connectivity index (χ1n) is 8.15. The summed E-state index contributed by atoms with van der Waals surface area (Å²) in [6.07, 6.45) is 1.39. The Morgan fingerprint density at radius 1 is 1.00 bits per heavy atom. The molecule has 1 heterocycles. The Morgan fingerprint density at radius 2 is 1.71 bits per heavy atom. The Labute approximate surface area is 142 Å². The van der Waals surface area contributed by atoms with Gasteiger partial charge in [0, 0.05) is 6.42 Å². The van der Waals surface area contributed by atoms with Gasteiger partial charge in [0.25, 0.3) is 5.95 Å². The predicted octanol–water partition coefficient (Wildman–Crippen LogP) is 4.28. The van der Waals surface area contributed by atoms with Gasteiger partial charge in [-0.05, 0) is 30.7 Å². The molecule has 2 aromatic rings. The van der Waals surface area contributed by atoms with Gasteiger partial charge in [0.15, 0.2) is 0 Å². The van der Waals surface area contributed by atoms with Crippen LogP contribution in [-0.2, 0) is 20.8 Å². The van der Waals surface area contributed by atoms with Crippen LogP contribution < -0.4 is 4.74 Å². The van der Waals surface area contributed by atoms with Crippen LogP contribution in [0.3, 0.4) is 0 Å². The molecule has 0 N–H and O–H groups in total. The molecule has 2 atom stereocenters. The Balaban J connectivity index is 1.36. The summed E-state index contributed by atoms with van der Waals surface area (Å²) in [5, 5.41) is 0. The molecular weight excluding hydrogens is 304 g/mol. The van der Waals surface area contributed by atoms with Gasteiger partial charge in [0.1, 0.15) is 5.75 Å². The lowest BCUT2D eigenvalue weighted by Gasteiger charge is -2.29. The summed E-state index contributed by atoms with van der Waals surface area (Å²) >= 11 is 0. The SMILES string of the molecule is C=C(Oc1ccccc1)O[C@H]1CC[C@H](OCc2ccccc2)CO1. The minimum atomic E-state index is -0.335. The lowest BCUT2D eigenvalue weighted by molar-refractivity contribution is -0.191. The first kappa shape index (κ1) is 16.6. The fourth-order valence-electron chi connectivity index (χ4n) is 2.51. The molecule has 4 heteroatoms. The van der Waals surface area contributed by atoms with Crippen molar-refractivity contribution >= 4 is 0 Å². The summed E-state index contributed by atoms with van der Waals surface area (Å²) in [6.45, 7) is 4.89. The van der Waals surface area contributed by atoms with Gasteiger partial charge in [-0.15, -0.1) is 0 Å². The highest BCUT2D eigenvalue weighted by atomic mass is 16.8. The molecule has 24 heavy (non-hydrogen) atoms. The van der Waals surface area contributed by atoms with Crippen LogP contribution in [0.25, 0.3) is 0 Å². The second-order valence-electron chi connectivity index (χ2n) is 5.66. The number of rotatable bonds is 7. The maximum atomic E-state index is 5.88. The van der Waals surface area contributed by atoms with Gasteiger partial charge in [0.05, 0.1) is 19.3 Å².